The maximum absolute atomic E-state index is 10.4. The minimum atomic E-state index is -0.0429. The van der Waals surface area contributed by atoms with E-state index in [1.54, 1.807) is 0 Å². The lowest BCUT2D eigenvalue weighted by Crippen LogP contribution is -2.42. The second-order valence-corrected chi connectivity index (χ2v) is 18.2. The fraction of sp³-hybridized carbons (Fsp3) is 1.00. The average Bonchev–Trinajstić information content (AvgIpc) is 3.52. The molecule has 4 fully saturated rings. The number of methoxy groups -OCH3 is 2. The molecule has 0 heterocycles. The number of hydrogen-bond acceptors (Lipinski definition) is 4. The van der Waals surface area contributed by atoms with Crippen molar-refractivity contribution in [1.82, 2.24) is 0 Å². The van der Waals surface area contributed by atoms with Gasteiger partial charge in [0.2, 0.25) is 0 Å². The lowest BCUT2D eigenvalue weighted by molar-refractivity contribution is -0.0353. The summed E-state index contributed by atoms with van der Waals surface area (Å²) in [5.74, 6) is 5.62. The molecule has 0 aromatic carbocycles. The molecular weight excluding hydrogens is 544 g/mol. The van der Waals surface area contributed by atoms with Gasteiger partial charge < -0.3 is 19.7 Å². The van der Waals surface area contributed by atoms with Crippen LogP contribution in [0.3, 0.4) is 0 Å². The summed E-state index contributed by atoms with van der Waals surface area (Å²) in [6, 6.07) is 0. The lowest BCUT2D eigenvalue weighted by atomic mass is 9.60. The van der Waals surface area contributed by atoms with Crippen LogP contribution in [0.4, 0.5) is 0 Å². The molecule has 4 nitrogen and oxygen atoms in total. The van der Waals surface area contributed by atoms with Crippen LogP contribution in [0, 0.1) is 58.2 Å². The van der Waals surface area contributed by atoms with Gasteiger partial charge >= 0.3 is 0 Å². The molecule has 0 aliphatic heterocycles. The second kappa shape index (κ2) is 15.4. The molecule has 4 rings (SSSR count). The smallest absolute Gasteiger partial charge is 0.0622 e. The maximum Gasteiger partial charge on any atom is 0.0622 e. The van der Waals surface area contributed by atoms with Crippen molar-refractivity contribution in [1.29, 1.82) is 0 Å². The van der Waals surface area contributed by atoms with Crippen molar-refractivity contribution in [3.63, 3.8) is 0 Å². The third-order valence-corrected chi connectivity index (χ3v) is 14.9. The van der Waals surface area contributed by atoms with E-state index in [1.165, 1.54) is 64.2 Å². The van der Waals surface area contributed by atoms with E-state index in [0.29, 0.717) is 22.7 Å². The van der Waals surface area contributed by atoms with E-state index < -0.39 is 0 Å². The summed E-state index contributed by atoms with van der Waals surface area (Å²) in [6.45, 7) is 23.5. The molecule has 2 N–H and O–H groups in total. The quantitative estimate of drug-likeness (QED) is 0.228. The Kier molecular flexibility index (Phi) is 13.4. The van der Waals surface area contributed by atoms with Gasteiger partial charge in [-0.15, -0.1) is 0 Å². The molecule has 4 saturated carbocycles. The largest absolute Gasteiger partial charge is 0.393 e. The van der Waals surface area contributed by atoms with Gasteiger partial charge in [-0.25, -0.2) is 0 Å². The van der Waals surface area contributed by atoms with Gasteiger partial charge in [-0.05, 0) is 163 Å². The van der Waals surface area contributed by atoms with Crippen molar-refractivity contribution in [2.24, 2.45) is 58.2 Å². The molecule has 6 unspecified atom stereocenters. The summed E-state index contributed by atoms with van der Waals surface area (Å²) < 4.78 is 11.2. The summed E-state index contributed by atoms with van der Waals surface area (Å²) in [7, 11) is 3.64. The van der Waals surface area contributed by atoms with E-state index in [0.717, 1.165) is 61.2 Å². The number of ether oxygens (including phenoxy) is 2. The molecule has 4 aliphatic carbocycles. The highest BCUT2D eigenvalue weighted by atomic mass is 16.5. The van der Waals surface area contributed by atoms with Crippen LogP contribution in [0.2, 0.25) is 0 Å². The maximum atomic E-state index is 10.4. The van der Waals surface area contributed by atoms with Crippen molar-refractivity contribution in [2.75, 3.05) is 14.2 Å². The zero-order valence-corrected chi connectivity index (χ0v) is 31.4. The van der Waals surface area contributed by atoms with Crippen molar-refractivity contribution >= 4 is 0 Å². The molecule has 0 spiro atoms. The Hall–Kier alpha value is -0.160. The van der Waals surface area contributed by atoms with Gasteiger partial charge in [0.05, 0.1) is 23.4 Å². The molecule has 0 saturated heterocycles. The zero-order valence-electron chi connectivity index (χ0n) is 31.4. The van der Waals surface area contributed by atoms with Gasteiger partial charge in [0.25, 0.3) is 0 Å². The Morgan fingerprint density at radius 1 is 0.614 bits per heavy atom. The third kappa shape index (κ3) is 8.65. The number of rotatable bonds is 12. The third-order valence-electron chi connectivity index (χ3n) is 14.9. The van der Waals surface area contributed by atoms with E-state index in [4.69, 9.17) is 9.47 Å². The Morgan fingerprint density at radius 3 is 1.27 bits per heavy atom. The summed E-state index contributed by atoms with van der Waals surface area (Å²) in [6.07, 6.45) is 16.9. The molecule has 4 aliphatic rings. The minimum Gasteiger partial charge on any atom is -0.393 e. The van der Waals surface area contributed by atoms with Crippen molar-refractivity contribution in [3.8, 4) is 0 Å². The summed E-state index contributed by atoms with van der Waals surface area (Å²) >= 11 is 0. The van der Waals surface area contributed by atoms with Crippen LogP contribution >= 0.6 is 0 Å². The molecule has 0 amide bonds. The first-order chi connectivity index (χ1) is 20.4. The summed E-state index contributed by atoms with van der Waals surface area (Å²) in [4.78, 5) is 0. The first-order valence-electron chi connectivity index (χ1n) is 18.9. The molecular formula is C40H76O4. The van der Waals surface area contributed by atoms with Gasteiger partial charge in [0, 0.05) is 14.2 Å². The van der Waals surface area contributed by atoms with Gasteiger partial charge in [-0.2, -0.15) is 0 Å². The summed E-state index contributed by atoms with van der Waals surface area (Å²) in [5.41, 5.74) is 0.748. The first kappa shape index (κ1) is 38.3. The Balaban J connectivity index is 0.000000240. The fourth-order valence-corrected chi connectivity index (χ4v) is 10.8. The fourth-order valence-electron chi connectivity index (χ4n) is 10.8. The lowest BCUT2D eigenvalue weighted by Gasteiger charge is -2.46. The van der Waals surface area contributed by atoms with E-state index >= 15 is 0 Å². The van der Waals surface area contributed by atoms with Crippen molar-refractivity contribution in [3.05, 3.63) is 0 Å². The highest BCUT2D eigenvalue weighted by molar-refractivity contribution is 5.03. The Bertz CT molecular complexity index is 799. The van der Waals surface area contributed by atoms with Crippen molar-refractivity contribution in [2.45, 2.75) is 183 Å². The van der Waals surface area contributed by atoms with Crippen LogP contribution in [0.15, 0.2) is 0 Å². The number of hydrogen-bond donors (Lipinski definition) is 2. The standard InChI is InChI=1S/2C20H38O2/c2*1-14(11-13-19(3,4)22-6)15(2)16-9-10-17-18(21)8-7-12-20(16,17)5/h2*14-18,21H,7-13H2,1-6H3/t14-,15+,16?,17?,18?,20+;14-,15-,16?,17?,18?,20-/m01/s1. The number of fused-ring (bicyclic) bond motifs is 2. The Morgan fingerprint density at radius 2 is 0.955 bits per heavy atom. The molecule has 0 bridgehead atoms. The SMILES string of the molecule is COC(C)(C)CC[C@@H](C)[C@@H](C)C1CCC2C(O)CCC[C@@]21C.COC(C)(C)CC[C@H](C)[C@@H](C)C1CCC2C(O)CCC[C@@]21C. The van der Waals surface area contributed by atoms with Crippen LogP contribution in [0.1, 0.15) is 159 Å². The highest BCUT2D eigenvalue weighted by Crippen LogP contribution is 2.60. The van der Waals surface area contributed by atoms with Crippen LogP contribution in [-0.2, 0) is 9.47 Å². The van der Waals surface area contributed by atoms with E-state index in [1.807, 2.05) is 14.2 Å². The van der Waals surface area contributed by atoms with E-state index in [9.17, 15) is 10.2 Å². The second-order valence-electron chi connectivity index (χ2n) is 18.2. The average molecular weight is 621 g/mol. The van der Waals surface area contributed by atoms with Crippen LogP contribution in [0.5, 0.6) is 0 Å². The van der Waals surface area contributed by atoms with E-state index in [2.05, 4.69) is 69.2 Å². The van der Waals surface area contributed by atoms with Crippen LogP contribution in [-0.4, -0.2) is 47.8 Å². The topological polar surface area (TPSA) is 58.9 Å². The molecule has 260 valence electrons. The van der Waals surface area contributed by atoms with Gasteiger partial charge in [-0.3, -0.25) is 0 Å². The molecule has 0 aromatic rings. The molecule has 4 heteroatoms. The van der Waals surface area contributed by atoms with Crippen LogP contribution in [0.25, 0.3) is 0 Å². The van der Waals surface area contributed by atoms with Crippen LogP contribution < -0.4 is 0 Å². The molecule has 12 atom stereocenters. The Labute approximate surface area is 274 Å². The molecule has 44 heavy (non-hydrogen) atoms. The predicted molar refractivity (Wildman–Crippen MR) is 186 cm³/mol. The number of aliphatic hydroxyl groups is 2. The molecule has 0 radical (unpaired) electrons. The van der Waals surface area contributed by atoms with Gasteiger partial charge in [0.1, 0.15) is 0 Å². The highest BCUT2D eigenvalue weighted by Gasteiger charge is 2.54. The van der Waals surface area contributed by atoms with Gasteiger partial charge in [-0.1, -0.05) is 54.4 Å². The minimum absolute atomic E-state index is 0.00285. The van der Waals surface area contributed by atoms with Crippen molar-refractivity contribution < 1.29 is 19.7 Å². The summed E-state index contributed by atoms with van der Waals surface area (Å²) in [5, 5.41) is 20.8. The molecule has 0 aromatic heterocycles. The monoisotopic (exact) mass is 621 g/mol. The zero-order chi connectivity index (χ0) is 33.1. The van der Waals surface area contributed by atoms with Gasteiger partial charge in [0.15, 0.2) is 0 Å². The number of aliphatic hydroxyl groups excluding tert-OH is 2. The first-order valence-corrected chi connectivity index (χ1v) is 18.9. The predicted octanol–water partition coefficient (Wildman–Crippen LogP) is 10.1. The van der Waals surface area contributed by atoms with E-state index in [-0.39, 0.29) is 23.4 Å². The normalized spacial score (nSPS) is 38.6.